The van der Waals surface area contributed by atoms with Gasteiger partial charge in [0.1, 0.15) is 17.0 Å². The SMILES string of the molecule is COc1ccc2c(c1)CC[C@@]13O[C@@]21[C@H](O)C[C@]1(C)[C@@H](CC(=O)O)C[C@@H]2C[C@]231. The van der Waals surface area contributed by atoms with Gasteiger partial charge in [-0.1, -0.05) is 13.0 Å². The summed E-state index contributed by atoms with van der Waals surface area (Å²) in [7, 11) is 1.68. The van der Waals surface area contributed by atoms with Crippen molar-refractivity contribution in [2.75, 3.05) is 7.11 Å². The Morgan fingerprint density at radius 1 is 1.37 bits per heavy atom. The lowest BCUT2D eigenvalue weighted by Gasteiger charge is -2.51. The van der Waals surface area contributed by atoms with E-state index in [2.05, 4.69) is 19.1 Å². The number of aliphatic hydroxyl groups is 1. The number of aliphatic hydroxyl groups excluding tert-OH is 1. The van der Waals surface area contributed by atoms with Crippen molar-refractivity contribution in [1.82, 2.24) is 0 Å². The second-order valence-corrected chi connectivity index (χ2v) is 9.73. The number of aliphatic carboxylic acids is 1. The van der Waals surface area contributed by atoms with Crippen LogP contribution in [0.3, 0.4) is 0 Å². The molecule has 6 rings (SSSR count). The Hall–Kier alpha value is -1.59. The average Bonchev–Trinajstić information content (AvgIpc) is 3.50. The van der Waals surface area contributed by atoms with E-state index < -0.39 is 17.7 Å². The molecule has 1 heterocycles. The molecule has 5 nitrogen and oxygen atoms in total. The molecule has 1 aromatic rings. The number of benzene rings is 1. The molecular weight excluding hydrogens is 344 g/mol. The number of hydrogen-bond donors (Lipinski definition) is 2. The fraction of sp³-hybridized carbons (Fsp3) is 0.682. The van der Waals surface area contributed by atoms with Gasteiger partial charge in [0.25, 0.3) is 0 Å². The molecule has 5 aliphatic rings. The van der Waals surface area contributed by atoms with Crippen molar-refractivity contribution in [3.8, 4) is 5.75 Å². The predicted octanol–water partition coefficient (Wildman–Crippen LogP) is 2.88. The molecule has 0 aromatic heterocycles. The first-order valence-corrected chi connectivity index (χ1v) is 10.1. The van der Waals surface area contributed by atoms with Gasteiger partial charge in [-0.05, 0) is 72.6 Å². The molecule has 1 saturated heterocycles. The van der Waals surface area contributed by atoms with Gasteiger partial charge in [0.05, 0.1) is 13.2 Å². The number of hydrogen-bond acceptors (Lipinski definition) is 4. The number of aryl methyl sites for hydroxylation is 1. The molecule has 0 unspecified atom stereocenters. The maximum atomic E-state index is 11.5. The highest BCUT2D eigenvalue weighted by Gasteiger charge is 2.95. The highest BCUT2D eigenvalue weighted by molar-refractivity contribution is 5.67. The number of methoxy groups -OCH3 is 1. The van der Waals surface area contributed by atoms with Crippen LogP contribution in [0.15, 0.2) is 18.2 Å². The van der Waals surface area contributed by atoms with Crippen molar-refractivity contribution < 1.29 is 24.5 Å². The van der Waals surface area contributed by atoms with Gasteiger partial charge in [0.15, 0.2) is 0 Å². The van der Waals surface area contributed by atoms with Crippen LogP contribution in [0, 0.1) is 22.7 Å². The Kier molecular flexibility index (Phi) is 2.74. The Labute approximate surface area is 158 Å². The first-order chi connectivity index (χ1) is 12.8. The topological polar surface area (TPSA) is 79.3 Å². The number of carboxylic acid groups (broad SMARTS) is 1. The van der Waals surface area contributed by atoms with Crippen LogP contribution in [0.5, 0.6) is 5.75 Å². The highest BCUT2D eigenvalue weighted by Crippen LogP contribution is 2.91. The Morgan fingerprint density at radius 3 is 2.93 bits per heavy atom. The van der Waals surface area contributed by atoms with E-state index in [0.717, 1.165) is 37.0 Å². The van der Waals surface area contributed by atoms with E-state index in [1.54, 1.807) is 7.11 Å². The van der Waals surface area contributed by atoms with E-state index >= 15 is 0 Å². The van der Waals surface area contributed by atoms with Crippen LogP contribution >= 0.6 is 0 Å². The number of carbonyl (C=O) groups is 1. The van der Waals surface area contributed by atoms with E-state index in [1.807, 2.05) is 6.07 Å². The number of carboxylic acids is 1. The van der Waals surface area contributed by atoms with E-state index in [4.69, 9.17) is 9.47 Å². The minimum Gasteiger partial charge on any atom is -0.497 e. The normalized spacial score (nSPS) is 50.6. The van der Waals surface area contributed by atoms with E-state index in [9.17, 15) is 15.0 Å². The molecule has 7 atom stereocenters. The van der Waals surface area contributed by atoms with Crippen molar-refractivity contribution in [3.63, 3.8) is 0 Å². The van der Waals surface area contributed by atoms with E-state index in [0.29, 0.717) is 12.3 Å². The molecule has 144 valence electrons. The molecule has 0 bridgehead atoms. The first-order valence-electron chi connectivity index (χ1n) is 10.1. The van der Waals surface area contributed by atoms with Gasteiger partial charge in [0.2, 0.25) is 0 Å². The zero-order chi connectivity index (χ0) is 18.8. The fourth-order valence-corrected chi connectivity index (χ4v) is 8.15. The van der Waals surface area contributed by atoms with Crippen LogP contribution in [0.4, 0.5) is 0 Å². The number of ether oxygens (including phenoxy) is 2. The molecule has 5 heteroatoms. The highest BCUT2D eigenvalue weighted by atomic mass is 16.6. The Balaban J connectivity index is 1.48. The predicted molar refractivity (Wildman–Crippen MR) is 96.4 cm³/mol. The minimum atomic E-state index is -0.723. The lowest BCUT2D eigenvalue weighted by molar-refractivity contribution is -0.141. The smallest absolute Gasteiger partial charge is 0.303 e. The second-order valence-electron chi connectivity index (χ2n) is 9.73. The minimum absolute atomic E-state index is 0.0387. The van der Waals surface area contributed by atoms with E-state index in [1.165, 1.54) is 5.56 Å². The van der Waals surface area contributed by atoms with Gasteiger partial charge < -0.3 is 19.7 Å². The van der Waals surface area contributed by atoms with Crippen LogP contribution in [0.2, 0.25) is 0 Å². The summed E-state index contributed by atoms with van der Waals surface area (Å²) in [5.41, 5.74) is 1.33. The summed E-state index contributed by atoms with van der Waals surface area (Å²) in [6.07, 6.45) is 4.18. The second kappa shape index (κ2) is 4.52. The summed E-state index contributed by atoms with van der Waals surface area (Å²) < 4.78 is 12.1. The largest absolute Gasteiger partial charge is 0.497 e. The van der Waals surface area contributed by atoms with Crippen molar-refractivity contribution in [2.45, 2.75) is 62.8 Å². The van der Waals surface area contributed by atoms with Crippen molar-refractivity contribution in [3.05, 3.63) is 29.3 Å². The molecule has 1 aliphatic heterocycles. The zero-order valence-corrected chi connectivity index (χ0v) is 15.8. The summed E-state index contributed by atoms with van der Waals surface area (Å²) in [6.45, 7) is 2.24. The van der Waals surface area contributed by atoms with Crippen LogP contribution in [-0.4, -0.2) is 35.0 Å². The van der Waals surface area contributed by atoms with Crippen LogP contribution in [-0.2, 0) is 21.6 Å². The summed E-state index contributed by atoms with van der Waals surface area (Å²) >= 11 is 0. The Bertz CT molecular complexity index is 881. The van der Waals surface area contributed by atoms with Gasteiger partial charge in [-0.25, -0.2) is 0 Å². The van der Waals surface area contributed by atoms with E-state index in [-0.39, 0.29) is 28.8 Å². The Morgan fingerprint density at radius 2 is 2.19 bits per heavy atom. The zero-order valence-electron chi connectivity index (χ0n) is 15.8. The van der Waals surface area contributed by atoms with Crippen LogP contribution < -0.4 is 4.74 Å². The number of epoxide rings is 1. The van der Waals surface area contributed by atoms with Gasteiger partial charge in [-0.15, -0.1) is 0 Å². The molecule has 1 aromatic carbocycles. The summed E-state index contributed by atoms with van der Waals surface area (Å²) in [5, 5.41) is 20.8. The molecule has 3 saturated carbocycles. The van der Waals surface area contributed by atoms with Crippen molar-refractivity contribution >= 4 is 5.97 Å². The maximum Gasteiger partial charge on any atom is 0.303 e. The van der Waals surface area contributed by atoms with Gasteiger partial charge in [0, 0.05) is 11.8 Å². The van der Waals surface area contributed by atoms with Crippen LogP contribution in [0.25, 0.3) is 0 Å². The van der Waals surface area contributed by atoms with Crippen LogP contribution in [0.1, 0.15) is 50.2 Å². The number of fused-ring (bicyclic) bond motifs is 1. The van der Waals surface area contributed by atoms with Crippen molar-refractivity contribution in [2.24, 2.45) is 22.7 Å². The summed E-state index contributed by atoms with van der Waals surface area (Å²) in [6, 6.07) is 6.13. The molecule has 4 fully saturated rings. The molecule has 27 heavy (non-hydrogen) atoms. The summed E-state index contributed by atoms with van der Waals surface area (Å²) in [5.74, 6) is 0.802. The molecule has 0 radical (unpaired) electrons. The summed E-state index contributed by atoms with van der Waals surface area (Å²) in [4.78, 5) is 11.5. The monoisotopic (exact) mass is 370 g/mol. The molecule has 1 spiro atoms. The molecule has 0 amide bonds. The van der Waals surface area contributed by atoms with Gasteiger partial charge in [-0.3, -0.25) is 4.79 Å². The molecule has 2 N–H and O–H groups in total. The lowest BCUT2D eigenvalue weighted by atomic mass is 9.50. The molecule has 4 aliphatic carbocycles. The fourth-order valence-electron chi connectivity index (χ4n) is 8.15. The van der Waals surface area contributed by atoms with Crippen molar-refractivity contribution in [1.29, 1.82) is 0 Å². The average molecular weight is 370 g/mol. The lowest BCUT2D eigenvalue weighted by Crippen LogP contribution is -2.57. The number of rotatable bonds is 3. The molecular formula is C22H26O5. The third kappa shape index (κ3) is 1.50. The third-order valence-corrected chi connectivity index (χ3v) is 9.18. The maximum absolute atomic E-state index is 11.5. The van der Waals surface area contributed by atoms with Gasteiger partial charge in [-0.2, -0.15) is 0 Å². The quantitative estimate of drug-likeness (QED) is 0.800. The third-order valence-electron chi connectivity index (χ3n) is 9.18. The van der Waals surface area contributed by atoms with Gasteiger partial charge >= 0.3 is 5.97 Å². The first kappa shape index (κ1) is 16.4. The standard InChI is InChI=1S/C22H26O5/c1-19-11-17(23)22-16-4-3-15(26-2)7-12(16)5-6-21(22,27-22)20(19)10-14(20)8-13(19)9-18(24)25/h3-4,7,13-14,17,23H,5-6,8-11H2,1-2H3,(H,24,25)/t13-,14-,17-,19-,20-,21+,22-/m1/s1.